The normalized spacial score (nSPS) is 9.31. The van der Waals surface area contributed by atoms with Crippen LogP contribution in [0.2, 0.25) is 0 Å². The van der Waals surface area contributed by atoms with Crippen molar-refractivity contribution < 1.29 is 9.53 Å². The van der Waals surface area contributed by atoms with Crippen LogP contribution in [0.4, 0.5) is 0 Å². The molecule has 0 aliphatic carbocycles. The molecule has 0 fully saturated rings. The molecule has 0 rings (SSSR count). The fraction of sp³-hybridized carbons (Fsp3) is 0.545. The highest BCUT2D eigenvalue weighted by atomic mass is 16.5. The van der Waals surface area contributed by atoms with Crippen molar-refractivity contribution in [2.75, 3.05) is 6.61 Å². The SMILES string of the molecule is C=CC(=O)OCCCCCC(=C)C. The first-order chi connectivity index (χ1) is 6.16. The van der Waals surface area contributed by atoms with E-state index in [-0.39, 0.29) is 5.97 Å². The summed E-state index contributed by atoms with van der Waals surface area (Å²) in [5, 5.41) is 0. The van der Waals surface area contributed by atoms with Crippen LogP contribution in [-0.2, 0) is 9.53 Å². The van der Waals surface area contributed by atoms with Gasteiger partial charge in [-0.3, -0.25) is 0 Å². The van der Waals surface area contributed by atoms with E-state index in [0.29, 0.717) is 6.61 Å². The Balaban J connectivity index is 3.12. The van der Waals surface area contributed by atoms with Crippen LogP contribution in [0.15, 0.2) is 24.8 Å². The van der Waals surface area contributed by atoms with Crippen molar-refractivity contribution in [3.05, 3.63) is 24.8 Å². The zero-order valence-electron chi connectivity index (χ0n) is 8.34. The van der Waals surface area contributed by atoms with Gasteiger partial charge in [-0.25, -0.2) is 4.79 Å². The quantitative estimate of drug-likeness (QED) is 0.262. The van der Waals surface area contributed by atoms with E-state index in [0.717, 1.165) is 25.7 Å². The van der Waals surface area contributed by atoms with Gasteiger partial charge in [0.25, 0.3) is 0 Å². The van der Waals surface area contributed by atoms with E-state index < -0.39 is 0 Å². The van der Waals surface area contributed by atoms with Crippen LogP contribution in [0, 0.1) is 0 Å². The van der Waals surface area contributed by atoms with Crippen molar-refractivity contribution in [2.24, 2.45) is 0 Å². The molecule has 0 saturated carbocycles. The lowest BCUT2D eigenvalue weighted by Crippen LogP contribution is -2.01. The molecule has 0 unspecified atom stereocenters. The van der Waals surface area contributed by atoms with Crippen LogP contribution in [-0.4, -0.2) is 12.6 Å². The minimum Gasteiger partial charge on any atom is -0.463 e. The molecule has 0 atom stereocenters. The second kappa shape index (κ2) is 7.59. The van der Waals surface area contributed by atoms with Crippen LogP contribution in [0.1, 0.15) is 32.6 Å². The lowest BCUT2D eigenvalue weighted by Gasteiger charge is -2.01. The molecule has 0 heterocycles. The van der Waals surface area contributed by atoms with E-state index in [1.807, 2.05) is 6.92 Å². The van der Waals surface area contributed by atoms with E-state index >= 15 is 0 Å². The van der Waals surface area contributed by atoms with E-state index in [2.05, 4.69) is 13.2 Å². The molecule has 0 aliphatic heterocycles. The van der Waals surface area contributed by atoms with Gasteiger partial charge in [0.1, 0.15) is 0 Å². The highest BCUT2D eigenvalue weighted by Crippen LogP contribution is 2.05. The minimum atomic E-state index is -0.333. The maximum atomic E-state index is 10.6. The summed E-state index contributed by atoms with van der Waals surface area (Å²) in [6, 6.07) is 0. The van der Waals surface area contributed by atoms with Crippen molar-refractivity contribution in [1.82, 2.24) is 0 Å². The summed E-state index contributed by atoms with van der Waals surface area (Å²) in [5.41, 5.74) is 1.21. The van der Waals surface area contributed by atoms with Crippen molar-refractivity contribution >= 4 is 5.97 Å². The fourth-order valence-electron chi connectivity index (χ4n) is 0.937. The van der Waals surface area contributed by atoms with Crippen LogP contribution in [0.3, 0.4) is 0 Å². The monoisotopic (exact) mass is 182 g/mol. The molecule has 2 heteroatoms. The Labute approximate surface area is 80.3 Å². The van der Waals surface area contributed by atoms with Crippen LogP contribution in [0.5, 0.6) is 0 Å². The second-order valence-electron chi connectivity index (χ2n) is 3.14. The number of unbranched alkanes of at least 4 members (excludes halogenated alkanes) is 2. The standard InChI is InChI=1S/C11H18O2/c1-4-11(12)13-9-7-5-6-8-10(2)3/h4H,1-2,5-9H2,3H3. The van der Waals surface area contributed by atoms with Gasteiger partial charge < -0.3 is 4.74 Å². The van der Waals surface area contributed by atoms with E-state index in [9.17, 15) is 4.79 Å². The van der Waals surface area contributed by atoms with Gasteiger partial charge in [0.05, 0.1) is 6.61 Å². The van der Waals surface area contributed by atoms with Crippen LogP contribution < -0.4 is 0 Å². The molecule has 13 heavy (non-hydrogen) atoms. The molecule has 0 aliphatic rings. The maximum Gasteiger partial charge on any atom is 0.330 e. The second-order valence-corrected chi connectivity index (χ2v) is 3.14. The summed E-state index contributed by atoms with van der Waals surface area (Å²) in [6.45, 7) is 9.66. The largest absolute Gasteiger partial charge is 0.463 e. The summed E-state index contributed by atoms with van der Waals surface area (Å²) < 4.78 is 4.82. The van der Waals surface area contributed by atoms with Gasteiger partial charge in [-0.05, 0) is 32.6 Å². The molecular weight excluding hydrogens is 164 g/mol. The van der Waals surface area contributed by atoms with Gasteiger partial charge in [0.2, 0.25) is 0 Å². The molecular formula is C11H18O2. The summed E-state index contributed by atoms with van der Waals surface area (Å²) in [7, 11) is 0. The summed E-state index contributed by atoms with van der Waals surface area (Å²) in [6.07, 6.45) is 5.38. The van der Waals surface area contributed by atoms with Crippen molar-refractivity contribution in [2.45, 2.75) is 32.6 Å². The summed E-state index contributed by atoms with van der Waals surface area (Å²) in [5.74, 6) is -0.333. The zero-order valence-corrected chi connectivity index (χ0v) is 8.34. The molecule has 0 aromatic rings. The summed E-state index contributed by atoms with van der Waals surface area (Å²) >= 11 is 0. The molecule has 0 N–H and O–H groups in total. The molecule has 0 bridgehead atoms. The Hall–Kier alpha value is -1.05. The third-order valence-electron chi connectivity index (χ3n) is 1.66. The number of carbonyl (C=O) groups excluding carboxylic acids is 1. The molecule has 0 aromatic heterocycles. The predicted octanol–water partition coefficient (Wildman–Crippen LogP) is 2.85. The molecule has 0 amide bonds. The lowest BCUT2D eigenvalue weighted by molar-refractivity contribution is -0.137. The number of hydrogen-bond acceptors (Lipinski definition) is 2. The number of ether oxygens (including phenoxy) is 1. The molecule has 0 spiro atoms. The number of allylic oxidation sites excluding steroid dienone is 1. The van der Waals surface area contributed by atoms with E-state index in [4.69, 9.17) is 4.74 Å². The van der Waals surface area contributed by atoms with Gasteiger partial charge in [-0.15, -0.1) is 6.58 Å². The third kappa shape index (κ3) is 8.86. The smallest absolute Gasteiger partial charge is 0.330 e. The zero-order chi connectivity index (χ0) is 10.1. The maximum absolute atomic E-state index is 10.6. The first-order valence-electron chi connectivity index (χ1n) is 4.60. The molecule has 0 aromatic carbocycles. The van der Waals surface area contributed by atoms with Gasteiger partial charge in [0, 0.05) is 6.08 Å². The van der Waals surface area contributed by atoms with Gasteiger partial charge in [-0.1, -0.05) is 12.2 Å². The average Bonchev–Trinajstić information content (AvgIpc) is 2.10. The van der Waals surface area contributed by atoms with Crippen LogP contribution in [0.25, 0.3) is 0 Å². The Morgan fingerprint density at radius 2 is 2.08 bits per heavy atom. The third-order valence-corrected chi connectivity index (χ3v) is 1.66. The topological polar surface area (TPSA) is 26.3 Å². The van der Waals surface area contributed by atoms with E-state index in [1.54, 1.807) is 0 Å². The Bertz CT molecular complexity index is 183. The number of hydrogen-bond donors (Lipinski definition) is 0. The van der Waals surface area contributed by atoms with Gasteiger partial charge in [0.15, 0.2) is 0 Å². The van der Waals surface area contributed by atoms with Gasteiger partial charge in [-0.2, -0.15) is 0 Å². The predicted molar refractivity (Wildman–Crippen MR) is 54.4 cm³/mol. The first kappa shape index (κ1) is 11.9. The van der Waals surface area contributed by atoms with Crippen LogP contribution >= 0.6 is 0 Å². The average molecular weight is 182 g/mol. The van der Waals surface area contributed by atoms with Gasteiger partial charge >= 0.3 is 5.97 Å². The first-order valence-corrected chi connectivity index (χ1v) is 4.60. The lowest BCUT2D eigenvalue weighted by atomic mass is 10.1. The number of esters is 1. The molecule has 2 nitrogen and oxygen atoms in total. The fourth-order valence-corrected chi connectivity index (χ4v) is 0.937. The van der Waals surface area contributed by atoms with Crippen molar-refractivity contribution in [3.8, 4) is 0 Å². The van der Waals surface area contributed by atoms with Crippen molar-refractivity contribution in [1.29, 1.82) is 0 Å². The van der Waals surface area contributed by atoms with Crippen molar-refractivity contribution in [3.63, 3.8) is 0 Å². The number of carbonyl (C=O) groups is 1. The highest BCUT2D eigenvalue weighted by Gasteiger charge is 1.94. The minimum absolute atomic E-state index is 0.333. The Kier molecular flexibility index (Phi) is 6.98. The molecule has 0 radical (unpaired) electrons. The Morgan fingerprint density at radius 1 is 1.38 bits per heavy atom. The summed E-state index contributed by atoms with van der Waals surface area (Å²) in [4.78, 5) is 10.6. The number of rotatable bonds is 7. The molecule has 0 saturated heterocycles. The molecule has 74 valence electrons. The highest BCUT2D eigenvalue weighted by molar-refractivity contribution is 5.81. The Morgan fingerprint density at radius 3 is 2.62 bits per heavy atom. The van der Waals surface area contributed by atoms with E-state index in [1.165, 1.54) is 11.6 Å².